The second-order valence-electron chi connectivity index (χ2n) is 8.49. The van der Waals surface area contributed by atoms with Crippen molar-refractivity contribution in [2.75, 3.05) is 0 Å². The molecule has 2 heterocycles. The van der Waals surface area contributed by atoms with Gasteiger partial charge in [0.1, 0.15) is 12.0 Å². The van der Waals surface area contributed by atoms with Crippen LogP contribution in [0.15, 0.2) is 85.3 Å². The molecule has 190 valence electrons. The Labute approximate surface area is 221 Å². The van der Waals surface area contributed by atoms with Crippen molar-refractivity contribution < 1.29 is 14.7 Å². The van der Waals surface area contributed by atoms with Crippen LogP contribution in [0.3, 0.4) is 0 Å². The minimum Gasteiger partial charge on any atom is -0.478 e. The van der Waals surface area contributed by atoms with E-state index in [-0.39, 0.29) is 23.1 Å². The van der Waals surface area contributed by atoms with Crippen molar-refractivity contribution in [1.29, 1.82) is 0 Å². The monoisotopic (exact) mass is 528 g/mol. The van der Waals surface area contributed by atoms with Crippen molar-refractivity contribution in [3.8, 4) is 16.9 Å². The molecule has 0 fully saturated rings. The highest BCUT2D eigenvalue weighted by Crippen LogP contribution is 2.27. The maximum absolute atomic E-state index is 13.1. The zero-order chi connectivity index (χ0) is 26.5. The van der Waals surface area contributed by atoms with Gasteiger partial charge < -0.3 is 10.4 Å². The molecule has 1 unspecified atom stereocenters. The summed E-state index contributed by atoms with van der Waals surface area (Å²) in [5.41, 5.74) is 3.24. The third-order valence-electron chi connectivity index (χ3n) is 5.81. The highest BCUT2D eigenvalue weighted by atomic mass is 35.5. The Morgan fingerprint density at radius 2 is 1.79 bits per heavy atom. The maximum atomic E-state index is 13.1. The molecule has 5 aromatic rings. The fraction of sp³-hybridized carbons (Fsp3) is 0.115. The number of nitrogens with zero attached hydrogens (tertiary/aromatic N) is 7. The molecule has 0 aliphatic heterocycles. The molecule has 1 amide bonds. The van der Waals surface area contributed by atoms with E-state index in [2.05, 4.69) is 31.2 Å². The number of carbonyl (C=O) groups is 2. The molecule has 0 spiro atoms. The van der Waals surface area contributed by atoms with Crippen LogP contribution in [0, 0.1) is 0 Å². The molecule has 0 aliphatic carbocycles. The van der Waals surface area contributed by atoms with Gasteiger partial charge in [-0.1, -0.05) is 53.2 Å². The molecule has 0 radical (unpaired) electrons. The largest absolute Gasteiger partial charge is 0.478 e. The fourth-order valence-corrected chi connectivity index (χ4v) is 4.22. The third-order valence-corrected chi connectivity index (χ3v) is 6.04. The first-order chi connectivity index (χ1) is 18.5. The summed E-state index contributed by atoms with van der Waals surface area (Å²) in [6.45, 7) is 0.313. The zero-order valence-electron chi connectivity index (χ0n) is 19.8. The quantitative estimate of drug-likeness (QED) is 0.297. The normalized spacial score (nSPS) is 11.7. The Kier molecular flexibility index (Phi) is 7.18. The highest BCUT2D eigenvalue weighted by molar-refractivity contribution is 6.31. The van der Waals surface area contributed by atoms with Crippen molar-refractivity contribution in [2.24, 2.45) is 0 Å². The molecule has 0 aliphatic rings. The predicted molar refractivity (Wildman–Crippen MR) is 138 cm³/mol. The summed E-state index contributed by atoms with van der Waals surface area (Å²) in [5.74, 6) is -1.48. The Bertz CT molecular complexity index is 1570. The van der Waals surface area contributed by atoms with Gasteiger partial charge in [-0.25, -0.2) is 9.48 Å². The maximum Gasteiger partial charge on any atom is 0.335 e. The molecule has 5 rings (SSSR count). The van der Waals surface area contributed by atoms with Gasteiger partial charge in [0.15, 0.2) is 0 Å². The van der Waals surface area contributed by atoms with Gasteiger partial charge in [0.05, 0.1) is 30.0 Å². The van der Waals surface area contributed by atoms with E-state index in [0.29, 0.717) is 34.9 Å². The first-order valence-electron chi connectivity index (χ1n) is 11.6. The van der Waals surface area contributed by atoms with Crippen LogP contribution in [-0.4, -0.2) is 58.2 Å². The van der Waals surface area contributed by atoms with Crippen molar-refractivity contribution in [3.63, 3.8) is 0 Å². The minimum absolute atomic E-state index is 0.0399. The molecule has 12 heteroatoms. The van der Waals surface area contributed by atoms with Gasteiger partial charge in [-0.2, -0.15) is 4.68 Å². The van der Waals surface area contributed by atoms with Crippen LogP contribution in [0.4, 0.5) is 0 Å². The molecule has 11 nitrogen and oxygen atoms in total. The van der Waals surface area contributed by atoms with E-state index in [1.165, 1.54) is 23.1 Å². The Hall–Kier alpha value is -4.90. The number of carboxylic acids is 1. The van der Waals surface area contributed by atoms with E-state index in [1.54, 1.807) is 41.2 Å². The summed E-state index contributed by atoms with van der Waals surface area (Å²) < 4.78 is 3.15. The molecule has 0 saturated carbocycles. The average molecular weight is 529 g/mol. The highest BCUT2D eigenvalue weighted by Gasteiger charge is 2.19. The summed E-state index contributed by atoms with van der Waals surface area (Å²) in [6.07, 6.45) is 3.75. The number of rotatable bonds is 9. The van der Waals surface area contributed by atoms with Gasteiger partial charge in [-0.3, -0.25) is 4.79 Å². The lowest BCUT2D eigenvalue weighted by atomic mass is 10.0. The number of carboxylic acid groups (broad SMARTS) is 1. The van der Waals surface area contributed by atoms with Crippen LogP contribution in [0.25, 0.3) is 16.9 Å². The lowest BCUT2D eigenvalue weighted by Gasteiger charge is -2.19. The zero-order valence-corrected chi connectivity index (χ0v) is 20.6. The topological polar surface area (TPSA) is 141 Å². The number of hydrogen-bond donors (Lipinski definition) is 2. The summed E-state index contributed by atoms with van der Waals surface area (Å²) >= 11 is 6.26. The van der Waals surface area contributed by atoms with E-state index < -0.39 is 5.97 Å². The average Bonchev–Trinajstić information content (AvgIpc) is 3.62. The Balaban J connectivity index is 1.41. The minimum atomic E-state index is -1.10. The summed E-state index contributed by atoms with van der Waals surface area (Å²) in [7, 11) is 0. The molecular weight excluding hydrogens is 508 g/mol. The molecule has 38 heavy (non-hydrogen) atoms. The van der Waals surface area contributed by atoms with Crippen LogP contribution >= 0.6 is 11.6 Å². The molecule has 2 aromatic heterocycles. The molecular formula is C26H21ClN8O3. The number of nitrogens with one attached hydrogen (secondary N) is 1. The van der Waals surface area contributed by atoms with E-state index in [0.717, 1.165) is 5.56 Å². The third kappa shape index (κ3) is 5.73. The van der Waals surface area contributed by atoms with Crippen molar-refractivity contribution in [3.05, 3.63) is 107 Å². The number of aromatic carboxylic acids is 1. The number of hydrogen-bond acceptors (Lipinski definition) is 7. The van der Waals surface area contributed by atoms with E-state index in [1.807, 2.05) is 30.3 Å². The van der Waals surface area contributed by atoms with Crippen LogP contribution < -0.4 is 5.32 Å². The predicted octanol–water partition coefficient (Wildman–Crippen LogP) is 3.31. The van der Waals surface area contributed by atoms with Gasteiger partial charge in [0.2, 0.25) is 0 Å². The number of tetrazole rings is 1. The van der Waals surface area contributed by atoms with Crippen LogP contribution in [0.5, 0.6) is 0 Å². The van der Waals surface area contributed by atoms with Gasteiger partial charge in [-0.15, -0.1) is 10.2 Å². The summed E-state index contributed by atoms with van der Waals surface area (Å²) in [4.78, 5) is 24.4. The SMILES string of the molecule is O=C(O)c1cccc(C(=O)NC(Cc2ccccc2)Cn2cc(-c3cc(Cl)ccc3-n3cnnn3)nn2)c1. The van der Waals surface area contributed by atoms with Crippen molar-refractivity contribution in [1.82, 2.24) is 40.5 Å². The molecule has 0 saturated heterocycles. The number of benzene rings is 3. The van der Waals surface area contributed by atoms with Gasteiger partial charge in [0.25, 0.3) is 5.91 Å². The van der Waals surface area contributed by atoms with Crippen LogP contribution in [-0.2, 0) is 13.0 Å². The van der Waals surface area contributed by atoms with Gasteiger partial charge in [-0.05, 0) is 58.8 Å². The number of halogens is 1. The van der Waals surface area contributed by atoms with Crippen molar-refractivity contribution in [2.45, 2.75) is 19.0 Å². The smallest absolute Gasteiger partial charge is 0.335 e. The molecule has 2 N–H and O–H groups in total. The van der Waals surface area contributed by atoms with E-state index >= 15 is 0 Å². The first-order valence-corrected chi connectivity index (χ1v) is 12.0. The fourth-order valence-electron chi connectivity index (χ4n) is 4.04. The van der Waals surface area contributed by atoms with E-state index in [4.69, 9.17) is 11.6 Å². The second-order valence-corrected chi connectivity index (χ2v) is 8.92. The van der Waals surface area contributed by atoms with E-state index in [9.17, 15) is 14.7 Å². The lowest BCUT2D eigenvalue weighted by Crippen LogP contribution is -2.39. The van der Waals surface area contributed by atoms with Crippen molar-refractivity contribution >= 4 is 23.5 Å². The summed E-state index contributed by atoms with van der Waals surface area (Å²) in [6, 6.07) is 20.5. The first kappa shape index (κ1) is 24.8. The molecule has 3 aromatic carbocycles. The van der Waals surface area contributed by atoms with Crippen LogP contribution in [0.2, 0.25) is 5.02 Å². The second kappa shape index (κ2) is 11.0. The molecule has 0 bridgehead atoms. The standard InChI is InChI=1S/C26H21ClN8O3/c27-20-9-10-24(35-16-28-31-33-35)22(13-20)23-15-34(32-30-23)14-21(11-17-5-2-1-3-6-17)29-25(36)18-7-4-8-19(12-18)26(37)38/h1-10,12-13,15-16,21H,11,14H2,(H,29,36)(H,37,38). The molecule has 1 atom stereocenters. The van der Waals surface area contributed by atoms with Gasteiger partial charge in [0, 0.05) is 16.1 Å². The Morgan fingerprint density at radius 3 is 2.55 bits per heavy atom. The number of aromatic nitrogens is 7. The number of amides is 1. The summed E-state index contributed by atoms with van der Waals surface area (Å²) in [5, 5.41) is 32.8. The van der Waals surface area contributed by atoms with Crippen LogP contribution in [0.1, 0.15) is 26.3 Å². The Morgan fingerprint density at radius 1 is 0.974 bits per heavy atom. The van der Waals surface area contributed by atoms with Gasteiger partial charge >= 0.3 is 5.97 Å². The number of carbonyl (C=O) groups excluding carboxylic acids is 1. The lowest BCUT2D eigenvalue weighted by molar-refractivity contribution is 0.0697.